The van der Waals surface area contributed by atoms with Crippen LogP contribution in [0.2, 0.25) is 0 Å². The van der Waals surface area contributed by atoms with Crippen molar-refractivity contribution >= 4 is 38.4 Å². The molecule has 3 nitrogen and oxygen atoms in total. The molecule has 0 spiro atoms. The summed E-state index contributed by atoms with van der Waals surface area (Å²) >= 11 is 3.35. The number of H-pyrrole nitrogens is 1. The minimum Gasteiger partial charge on any atom is -0.360 e. The van der Waals surface area contributed by atoms with Crippen LogP contribution in [0.4, 0.5) is 10.1 Å². The Morgan fingerprint density at radius 2 is 2.05 bits per heavy atom. The van der Waals surface area contributed by atoms with E-state index in [1.54, 1.807) is 18.3 Å². The molecule has 0 radical (unpaired) electrons. The molecule has 0 saturated heterocycles. The first-order valence-electron chi connectivity index (χ1n) is 5.97. The predicted octanol–water partition coefficient (Wildman–Crippen LogP) is 4.32. The van der Waals surface area contributed by atoms with E-state index in [9.17, 15) is 9.18 Å². The highest BCUT2D eigenvalue weighted by Gasteiger charge is 2.12. The quantitative estimate of drug-likeness (QED) is 0.721. The molecule has 1 amide bonds. The maximum Gasteiger partial charge on any atom is 0.257 e. The van der Waals surface area contributed by atoms with Crippen LogP contribution in [-0.4, -0.2) is 10.9 Å². The Morgan fingerprint density at radius 1 is 1.20 bits per heavy atom. The summed E-state index contributed by atoms with van der Waals surface area (Å²) in [5.41, 5.74) is 1.78. The van der Waals surface area contributed by atoms with Crippen LogP contribution in [-0.2, 0) is 0 Å². The van der Waals surface area contributed by atoms with E-state index in [4.69, 9.17) is 0 Å². The smallest absolute Gasteiger partial charge is 0.257 e. The molecular formula is C15H10BrFN2O. The Hall–Kier alpha value is -2.14. The van der Waals surface area contributed by atoms with Gasteiger partial charge in [0.25, 0.3) is 5.91 Å². The number of nitrogens with one attached hydrogen (secondary N) is 2. The van der Waals surface area contributed by atoms with Crippen LogP contribution in [0, 0.1) is 5.82 Å². The largest absolute Gasteiger partial charge is 0.360 e. The van der Waals surface area contributed by atoms with Gasteiger partial charge in [-0.1, -0.05) is 22.0 Å². The van der Waals surface area contributed by atoms with Crippen LogP contribution in [0.1, 0.15) is 10.4 Å². The van der Waals surface area contributed by atoms with Crippen molar-refractivity contribution < 1.29 is 9.18 Å². The van der Waals surface area contributed by atoms with Crippen LogP contribution in [0.15, 0.2) is 53.1 Å². The summed E-state index contributed by atoms with van der Waals surface area (Å²) < 4.78 is 14.0. The number of carbonyl (C=O) groups is 1. The second-order valence-corrected chi connectivity index (χ2v) is 5.27. The number of amides is 1. The number of aromatic nitrogens is 1. The summed E-state index contributed by atoms with van der Waals surface area (Å²) in [5.74, 6) is -0.570. The van der Waals surface area contributed by atoms with E-state index in [0.717, 1.165) is 4.47 Å². The second-order valence-electron chi connectivity index (χ2n) is 4.36. The Morgan fingerprint density at radius 3 is 2.85 bits per heavy atom. The summed E-state index contributed by atoms with van der Waals surface area (Å²) in [6.45, 7) is 0. The standard InChI is InChI=1S/C15H10BrFN2O/c16-9-2-1-3-11(6-9)19-15(20)13-8-18-14-7-10(17)4-5-12(13)14/h1-8,18H,(H,19,20). The van der Waals surface area contributed by atoms with E-state index in [0.29, 0.717) is 22.2 Å². The highest BCUT2D eigenvalue weighted by Crippen LogP contribution is 2.21. The average molecular weight is 333 g/mol. The molecule has 5 heteroatoms. The summed E-state index contributed by atoms with van der Waals surface area (Å²) in [4.78, 5) is 15.1. The lowest BCUT2D eigenvalue weighted by Gasteiger charge is -2.04. The van der Waals surface area contributed by atoms with Gasteiger partial charge in [-0.2, -0.15) is 0 Å². The molecular weight excluding hydrogens is 323 g/mol. The molecule has 0 unspecified atom stereocenters. The molecule has 0 atom stereocenters. The SMILES string of the molecule is O=C(Nc1cccc(Br)c1)c1c[nH]c2cc(F)ccc12. The van der Waals surface area contributed by atoms with Gasteiger partial charge in [0, 0.05) is 27.3 Å². The topological polar surface area (TPSA) is 44.9 Å². The highest BCUT2D eigenvalue weighted by atomic mass is 79.9. The van der Waals surface area contributed by atoms with Gasteiger partial charge in [0.2, 0.25) is 0 Å². The van der Waals surface area contributed by atoms with Gasteiger partial charge < -0.3 is 10.3 Å². The third kappa shape index (κ3) is 2.44. The van der Waals surface area contributed by atoms with Gasteiger partial charge in [-0.25, -0.2) is 4.39 Å². The molecule has 0 aliphatic heterocycles. The molecule has 0 aliphatic carbocycles. The van der Waals surface area contributed by atoms with Crippen molar-refractivity contribution in [1.29, 1.82) is 0 Å². The number of halogens is 2. The molecule has 0 bridgehead atoms. The summed E-state index contributed by atoms with van der Waals surface area (Å²) in [5, 5.41) is 3.50. The van der Waals surface area contributed by atoms with Crippen molar-refractivity contribution in [3.05, 3.63) is 64.5 Å². The molecule has 0 aliphatic rings. The van der Waals surface area contributed by atoms with Gasteiger partial charge in [-0.3, -0.25) is 4.79 Å². The Bertz CT molecular complexity index is 797. The molecule has 0 saturated carbocycles. The first-order chi connectivity index (χ1) is 9.63. The van der Waals surface area contributed by atoms with E-state index in [1.807, 2.05) is 18.2 Å². The van der Waals surface area contributed by atoms with Gasteiger partial charge >= 0.3 is 0 Å². The predicted molar refractivity (Wildman–Crippen MR) is 80.4 cm³/mol. The van der Waals surface area contributed by atoms with Crippen LogP contribution in [0.25, 0.3) is 10.9 Å². The molecule has 0 fully saturated rings. The maximum atomic E-state index is 13.1. The molecule has 2 N–H and O–H groups in total. The van der Waals surface area contributed by atoms with Crippen molar-refractivity contribution in [3.63, 3.8) is 0 Å². The second kappa shape index (κ2) is 5.09. The van der Waals surface area contributed by atoms with Crippen molar-refractivity contribution in [2.24, 2.45) is 0 Å². The van der Waals surface area contributed by atoms with Gasteiger partial charge in [-0.05, 0) is 36.4 Å². The zero-order chi connectivity index (χ0) is 14.1. The Kier molecular flexibility index (Phi) is 3.28. The van der Waals surface area contributed by atoms with E-state index in [1.165, 1.54) is 12.1 Å². The van der Waals surface area contributed by atoms with Crippen molar-refractivity contribution in [2.75, 3.05) is 5.32 Å². The fourth-order valence-corrected chi connectivity index (χ4v) is 2.45. The molecule has 2 aromatic carbocycles. The van der Waals surface area contributed by atoms with E-state index < -0.39 is 0 Å². The van der Waals surface area contributed by atoms with Crippen LogP contribution in [0.5, 0.6) is 0 Å². The molecule has 1 aromatic heterocycles. The van der Waals surface area contributed by atoms with Gasteiger partial charge in [0.05, 0.1) is 5.56 Å². The fourth-order valence-electron chi connectivity index (χ4n) is 2.05. The Labute approximate surface area is 122 Å². The highest BCUT2D eigenvalue weighted by molar-refractivity contribution is 9.10. The molecule has 1 heterocycles. The number of hydrogen-bond donors (Lipinski definition) is 2. The third-order valence-electron chi connectivity index (χ3n) is 2.97. The van der Waals surface area contributed by atoms with Crippen molar-refractivity contribution in [1.82, 2.24) is 4.98 Å². The minimum absolute atomic E-state index is 0.235. The number of fused-ring (bicyclic) bond motifs is 1. The van der Waals surface area contributed by atoms with Crippen molar-refractivity contribution in [3.8, 4) is 0 Å². The van der Waals surface area contributed by atoms with Gasteiger partial charge in [0.1, 0.15) is 5.82 Å². The summed E-state index contributed by atoms with van der Waals surface area (Å²) in [6.07, 6.45) is 1.58. The van der Waals surface area contributed by atoms with E-state index in [-0.39, 0.29) is 11.7 Å². The lowest BCUT2D eigenvalue weighted by Crippen LogP contribution is -2.11. The summed E-state index contributed by atoms with van der Waals surface area (Å²) in [6, 6.07) is 11.6. The zero-order valence-electron chi connectivity index (χ0n) is 10.3. The van der Waals surface area contributed by atoms with Gasteiger partial charge in [0.15, 0.2) is 0 Å². The first kappa shape index (κ1) is 12.9. The number of anilines is 1. The van der Waals surface area contributed by atoms with E-state index in [2.05, 4.69) is 26.2 Å². The molecule has 100 valence electrons. The van der Waals surface area contributed by atoms with Crippen LogP contribution < -0.4 is 5.32 Å². The monoisotopic (exact) mass is 332 g/mol. The van der Waals surface area contributed by atoms with Crippen LogP contribution in [0.3, 0.4) is 0 Å². The van der Waals surface area contributed by atoms with Crippen molar-refractivity contribution in [2.45, 2.75) is 0 Å². The number of benzene rings is 2. The number of carbonyl (C=O) groups excluding carboxylic acids is 1. The number of aromatic amines is 1. The van der Waals surface area contributed by atoms with Crippen LogP contribution >= 0.6 is 15.9 Å². The lowest BCUT2D eigenvalue weighted by atomic mass is 10.1. The normalized spacial score (nSPS) is 10.7. The number of hydrogen-bond acceptors (Lipinski definition) is 1. The average Bonchev–Trinajstić information content (AvgIpc) is 2.81. The Balaban J connectivity index is 1.93. The van der Waals surface area contributed by atoms with E-state index >= 15 is 0 Å². The zero-order valence-corrected chi connectivity index (χ0v) is 11.9. The minimum atomic E-state index is -0.335. The molecule has 3 aromatic rings. The lowest BCUT2D eigenvalue weighted by molar-refractivity contribution is 0.102. The first-order valence-corrected chi connectivity index (χ1v) is 6.76. The number of rotatable bonds is 2. The molecule has 20 heavy (non-hydrogen) atoms. The fraction of sp³-hybridized carbons (Fsp3) is 0. The van der Waals surface area contributed by atoms with Gasteiger partial charge in [-0.15, -0.1) is 0 Å². The maximum absolute atomic E-state index is 13.1. The third-order valence-corrected chi connectivity index (χ3v) is 3.46. The molecule has 3 rings (SSSR count). The summed E-state index contributed by atoms with van der Waals surface area (Å²) in [7, 11) is 0.